The van der Waals surface area contributed by atoms with Crippen molar-refractivity contribution in [1.29, 1.82) is 0 Å². The molecule has 8 nitrogen and oxygen atoms in total. The van der Waals surface area contributed by atoms with E-state index in [1.54, 1.807) is 21.3 Å². The molecule has 0 saturated carbocycles. The van der Waals surface area contributed by atoms with Crippen LogP contribution in [0.2, 0.25) is 0 Å². The monoisotopic (exact) mass is 610 g/mol. The van der Waals surface area contributed by atoms with E-state index in [4.69, 9.17) is 18.9 Å². The maximum Gasteiger partial charge on any atom is 0.169 e. The minimum Gasteiger partial charge on any atom is -0.504 e. The topological polar surface area (TPSA) is 83.9 Å². The first-order chi connectivity index (χ1) is 21.8. The van der Waals surface area contributed by atoms with Crippen molar-refractivity contribution >= 4 is 0 Å². The summed E-state index contributed by atoms with van der Waals surface area (Å²) in [5, 5.41) is 20.6. The summed E-state index contributed by atoms with van der Waals surface area (Å²) in [6, 6.07) is 22.3. The predicted octanol–water partition coefficient (Wildman–Crippen LogP) is 6.46. The summed E-state index contributed by atoms with van der Waals surface area (Å²) >= 11 is 0. The van der Waals surface area contributed by atoms with Gasteiger partial charge in [-0.25, -0.2) is 0 Å². The Balaban J connectivity index is 1.20. The molecule has 45 heavy (non-hydrogen) atoms. The lowest BCUT2D eigenvalue weighted by molar-refractivity contribution is 0.228. The summed E-state index contributed by atoms with van der Waals surface area (Å²) in [5.41, 5.74) is 7.01. The zero-order valence-electron chi connectivity index (χ0n) is 26.7. The molecule has 4 aromatic rings. The molecule has 0 spiro atoms. The van der Waals surface area contributed by atoms with Gasteiger partial charge in [0.25, 0.3) is 0 Å². The highest BCUT2D eigenvalue weighted by atomic mass is 16.5. The van der Waals surface area contributed by atoms with Gasteiger partial charge in [-0.2, -0.15) is 0 Å². The fourth-order valence-corrected chi connectivity index (χ4v) is 6.74. The second-order valence-corrected chi connectivity index (χ2v) is 12.1. The van der Waals surface area contributed by atoms with Gasteiger partial charge < -0.3 is 29.2 Å². The van der Waals surface area contributed by atoms with E-state index < -0.39 is 0 Å². The maximum absolute atomic E-state index is 10.3. The molecule has 0 fully saturated rings. The largest absolute Gasteiger partial charge is 0.504 e. The Kier molecular flexibility index (Phi) is 8.79. The third-order valence-electron chi connectivity index (χ3n) is 9.37. The van der Waals surface area contributed by atoms with E-state index in [-0.39, 0.29) is 23.6 Å². The second-order valence-electron chi connectivity index (χ2n) is 12.1. The lowest BCUT2D eigenvalue weighted by atomic mass is 9.88. The zero-order chi connectivity index (χ0) is 31.7. The number of likely N-dealkylation sites (N-methyl/N-ethyl adjacent to an activating group) is 2. The zero-order valence-corrected chi connectivity index (χ0v) is 26.7. The molecule has 2 N–H and O–H groups in total. The first-order valence-electron chi connectivity index (χ1n) is 15.4. The number of phenols is 2. The van der Waals surface area contributed by atoms with Crippen molar-refractivity contribution in [2.45, 2.75) is 37.8 Å². The average molecular weight is 611 g/mol. The first kappa shape index (κ1) is 30.6. The molecule has 8 heteroatoms. The van der Waals surface area contributed by atoms with Gasteiger partial charge in [0.05, 0.1) is 21.3 Å². The first-order valence-corrected chi connectivity index (χ1v) is 15.4. The number of fused-ring (bicyclic) bond motifs is 2. The van der Waals surface area contributed by atoms with Crippen molar-refractivity contribution in [3.8, 4) is 40.2 Å². The Morgan fingerprint density at radius 2 is 1.09 bits per heavy atom. The lowest BCUT2D eigenvalue weighted by Gasteiger charge is -2.35. The molecule has 0 aromatic heterocycles. The molecule has 0 bridgehead atoms. The maximum atomic E-state index is 10.3. The van der Waals surface area contributed by atoms with E-state index in [2.05, 4.69) is 48.2 Å². The average Bonchev–Trinajstić information content (AvgIpc) is 3.04. The molecule has 0 unspecified atom stereocenters. The highest BCUT2D eigenvalue weighted by molar-refractivity contribution is 5.51. The van der Waals surface area contributed by atoms with E-state index in [1.165, 1.54) is 22.3 Å². The van der Waals surface area contributed by atoms with Crippen molar-refractivity contribution < 1.29 is 29.2 Å². The summed E-state index contributed by atoms with van der Waals surface area (Å²) in [7, 11) is 9.11. The SMILES string of the molecule is COc1cc2c(cc1O)CCN(C)[C@@H]2Cc1ccc(Oc2cc(C[C@@H]3c4cc(OC)c(O)cc4CCN3C)ccc2OC)cc1. The van der Waals surface area contributed by atoms with Crippen LogP contribution in [-0.4, -0.2) is 68.5 Å². The van der Waals surface area contributed by atoms with Crippen LogP contribution in [0.4, 0.5) is 0 Å². The normalized spacial score (nSPS) is 18.2. The van der Waals surface area contributed by atoms with E-state index in [0.717, 1.165) is 55.6 Å². The third kappa shape index (κ3) is 6.26. The van der Waals surface area contributed by atoms with Gasteiger partial charge >= 0.3 is 0 Å². The lowest BCUT2D eigenvalue weighted by Crippen LogP contribution is -2.33. The van der Waals surface area contributed by atoms with E-state index in [9.17, 15) is 10.2 Å². The molecular formula is C37H42N2O6. The van der Waals surface area contributed by atoms with Crippen molar-refractivity contribution in [1.82, 2.24) is 9.80 Å². The van der Waals surface area contributed by atoms with Gasteiger partial charge in [0, 0.05) is 25.2 Å². The van der Waals surface area contributed by atoms with Crippen LogP contribution in [0.5, 0.6) is 40.2 Å². The van der Waals surface area contributed by atoms with Crippen molar-refractivity contribution in [2.75, 3.05) is 48.5 Å². The number of methoxy groups -OCH3 is 3. The summed E-state index contributed by atoms with van der Waals surface area (Å²) < 4.78 is 22.9. The number of rotatable bonds is 9. The molecule has 0 saturated heterocycles. The van der Waals surface area contributed by atoms with Gasteiger partial charge in [-0.3, -0.25) is 9.80 Å². The third-order valence-corrected chi connectivity index (χ3v) is 9.37. The molecule has 2 aliphatic rings. The van der Waals surface area contributed by atoms with Crippen molar-refractivity contribution in [3.05, 3.63) is 100 Å². The Morgan fingerprint density at radius 3 is 1.60 bits per heavy atom. The molecule has 4 aromatic carbocycles. The number of nitrogens with zero attached hydrogens (tertiary/aromatic N) is 2. The Morgan fingerprint density at radius 1 is 0.600 bits per heavy atom. The van der Waals surface area contributed by atoms with Crippen LogP contribution in [0.1, 0.15) is 45.5 Å². The summed E-state index contributed by atoms with van der Waals surface area (Å²) in [6.07, 6.45) is 3.38. The second kappa shape index (κ2) is 12.9. The number of phenolic OH excluding ortho intramolecular Hbond substituents is 2. The van der Waals surface area contributed by atoms with E-state index in [1.807, 2.05) is 42.5 Å². The van der Waals surface area contributed by atoms with Crippen LogP contribution in [0.3, 0.4) is 0 Å². The van der Waals surface area contributed by atoms with Crippen LogP contribution in [0.25, 0.3) is 0 Å². The Hall–Kier alpha value is -4.40. The van der Waals surface area contributed by atoms with Crippen LogP contribution in [0, 0.1) is 0 Å². The summed E-state index contributed by atoms with van der Waals surface area (Å²) in [6.45, 7) is 1.84. The molecule has 2 heterocycles. The minimum absolute atomic E-state index is 0.135. The predicted molar refractivity (Wildman–Crippen MR) is 174 cm³/mol. The van der Waals surface area contributed by atoms with Crippen molar-refractivity contribution in [2.24, 2.45) is 0 Å². The van der Waals surface area contributed by atoms with Gasteiger partial charge in [-0.15, -0.1) is 0 Å². The van der Waals surface area contributed by atoms with Gasteiger partial charge in [0.15, 0.2) is 34.5 Å². The smallest absolute Gasteiger partial charge is 0.169 e. The van der Waals surface area contributed by atoms with Crippen LogP contribution < -0.4 is 18.9 Å². The van der Waals surface area contributed by atoms with Crippen LogP contribution in [-0.2, 0) is 25.7 Å². The molecule has 6 rings (SSSR count). The van der Waals surface area contributed by atoms with Gasteiger partial charge in [-0.05, 0) is 122 Å². The highest BCUT2D eigenvalue weighted by Gasteiger charge is 2.28. The number of hydrogen-bond donors (Lipinski definition) is 2. The van der Waals surface area contributed by atoms with Gasteiger partial charge in [-0.1, -0.05) is 18.2 Å². The molecule has 236 valence electrons. The fraction of sp³-hybridized carbons (Fsp3) is 0.351. The fourth-order valence-electron chi connectivity index (χ4n) is 6.74. The quantitative estimate of drug-likeness (QED) is 0.224. The molecule has 0 aliphatic carbocycles. The van der Waals surface area contributed by atoms with Gasteiger partial charge in [0.2, 0.25) is 0 Å². The van der Waals surface area contributed by atoms with Crippen molar-refractivity contribution in [3.63, 3.8) is 0 Å². The summed E-state index contributed by atoms with van der Waals surface area (Å²) in [4.78, 5) is 4.71. The van der Waals surface area contributed by atoms with Gasteiger partial charge in [0.1, 0.15) is 5.75 Å². The minimum atomic E-state index is 0.135. The number of benzene rings is 4. The summed E-state index contributed by atoms with van der Waals surface area (Å²) in [5.74, 6) is 3.45. The van der Waals surface area contributed by atoms with Crippen LogP contribution in [0.15, 0.2) is 66.7 Å². The number of aromatic hydroxyl groups is 2. The Labute approximate surface area is 265 Å². The molecule has 2 aliphatic heterocycles. The molecule has 0 radical (unpaired) electrons. The molecule has 2 atom stereocenters. The van der Waals surface area contributed by atoms with Crippen LogP contribution >= 0.6 is 0 Å². The number of ether oxygens (including phenoxy) is 4. The number of hydrogen-bond acceptors (Lipinski definition) is 8. The van der Waals surface area contributed by atoms with E-state index >= 15 is 0 Å². The standard InChI is InChI=1S/C37H42N2O6/c1-38-14-12-25-19-32(40)35(43-4)21-28(25)30(38)16-23-6-9-27(10-7-23)45-37-18-24(8-11-34(37)42-3)17-31-29-22-36(44-5)33(41)20-26(29)13-15-39(31)2/h6-11,18-22,30-31,40-41H,12-17H2,1-5H3/t30-,31-/m1/s1. The Bertz CT molecular complexity index is 1670. The van der Waals surface area contributed by atoms with E-state index in [0.29, 0.717) is 23.0 Å². The molecular weight excluding hydrogens is 568 g/mol. The molecule has 0 amide bonds. The highest BCUT2D eigenvalue weighted by Crippen LogP contribution is 2.41.